The molecule has 1 rings (SSSR count). The highest BCUT2D eigenvalue weighted by Crippen LogP contribution is 2.32. The molecule has 0 aliphatic carbocycles. The van der Waals surface area contributed by atoms with Crippen LogP contribution in [-0.2, 0) is 0 Å². The monoisotopic (exact) mass is 226 g/mol. The lowest BCUT2D eigenvalue weighted by molar-refractivity contribution is 0.0729. The molecule has 2 N–H and O–H groups in total. The number of nitrogens with two attached hydrogens (primary N) is 1. The average Bonchev–Trinajstić information content (AvgIpc) is 2.83. The van der Waals surface area contributed by atoms with Crippen LogP contribution < -0.4 is 5.73 Å². The largest absolute Gasteiger partial charge is 0.326 e. The van der Waals surface area contributed by atoms with Crippen LogP contribution in [0.4, 0.5) is 0 Å². The number of hydrogen-bond donors (Lipinski definition) is 1. The summed E-state index contributed by atoms with van der Waals surface area (Å²) in [6.45, 7) is 9.41. The van der Waals surface area contributed by atoms with Crippen molar-refractivity contribution in [3.05, 3.63) is 0 Å². The molecular formula is C14H30N2. The van der Waals surface area contributed by atoms with Crippen molar-refractivity contribution >= 4 is 0 Å². The number of likely N-dealkylation sites (tertiary alicyclic amines) is 1. The normalized spacial score (nSPS) is 20.2. The van der Waals surface area contributed by atoms with Crippen LogP contribution in [0.1, 0.15) is 65.7 Å². The van der Waals surface area contributed by atoms with E-state index in [9.17, 15) is 0 Å². The van der Waals surface area contributed by atoms with Gasteiger partial charge < -0.3 is 5.73 Å². The van der Waals surface area contributed by atoms with Crippen molar-refractivity contribution in [1.82, 2.24) is 4.90 Å². The molecule has 1 aliphatic heterocycles. The summed E-state index contributed by atoms with van der Waals surface area (Å²) in [5.41, 5.74) is 6.78. The Morgan fingerprint density at radius 3 is 2.12 bits per heavy atom. The maximum atomic E-state index is 6.50. The van der Waals surface area contributed by atoms with Gasteiger partial charge in [-0.2, -0.15) is 0 Å². The van der Waals surface area contributed by atoms with E-state index in [2.05, 4.69) is 25.7 Å². The summed E-state index contributed by atoms with van der Waals surface area (Å²) in [6, 6.07) is 0.362. The lowest BCUT2D eigenvalue weighted by Crippen LogP contribution is -2.58. The van der Waals surface area contributed by atoms with Crippen molar-refractivity contribution in [3.8, 4) is 0 Å². The lowest BCUT2D eigenvalue weighted by atomic mass is 9.81. The van der Waals surface area contributed by atoms with Gasteiger partial charge in [0, 0.05) is 11.6 Å². The highest BCUT2D eigenvalue weighted by Gasteiger charge is 2.39. The Morgan fingerprint density at radius 2 is 1.69 bits per heavy atom. The average molecular weight is 226 g/mol. The van der Waals surface area contributed by atoms with Gasteiger partial charge in [-0.15, -0.1) is 0 Å². The Balaban J connectivity index is 2.68. The summed E-state index contributed by atoms with van der Waals surface area (Å²) in [7, 11) is 0. The maximum absolute atomic E-state index is 6.50. The maximum Gasteiger partial charge on any atom is 0.0355 e. The molecule has 0 spiro atoms. The Bertz CT molecular complexity index is 181. The van der Waals surface area contributed by atoms with Gasteiger partial charge >= 0.3 is 0 Å². The van der Waals surface area contributed by atoms with Gasteiger partial charge in [0.15, 0.2) is 0 Å². The quantitative estimate of drug-likeness (QED) is 0.722. The molecule has 0 saturated carbocycles. The van der Waals surface area contributed by atoms with E-state index in [-0.39, 0.29) is 5.54 Å². The predicted octanol–water partition coefficient (Wildman–Crippen LogP) is 3.16. The second-order valence-corrected chi connectivity index (χ2v) is 5.25. The number of rotatable bonds is 7. The molecule has 1 saturated heterocycles. The molecule has 0 amide bonds. The summed E-state index contributed by atoms with van der Waals surface area (Å²) < 4.78 is 0. The molecule has 2 heteroatoms. The molecule has 1 heterocycles. The van der Waals surface area contributed by atoms with E-state index in [1.54, 1.807) is 0 Å². The van der Waals surface area contributed by atoms with E-state index >= 15 is 0 Å². The van der Waals surface area contributed by atoms with Crippen molar-refractivity contribution in [1.29, 1.82) is 0 Å². The summed E-state index contributed by atoms with van der Waals surface area (Å²) >= 11 is 0. The van der Waals surface area contributed by atoms with Crippen molar-refractivity contribution < 1.29 is 0 Å². The molecule has 1 aliphatic rings. The molecule has 0 aromatic rings. The van der Waals surface area contributed by atoms with Crippen molar-refractivity contribution in [2.45, 2.75) is 77.3 Å². The molecule has 0 aromatic carbocycles. The standard InChI is InChI=1S/C14H30N2/c1-4-7-10-13(15)14(5-2,6-3)16-11-8-9-12-16/h13H,4-12,15H2,1-3H3. The van der Waals surface area contributed by atoms with E-state index < -0.39 is 0 Å². The second-order valence-electron chi connectivity index (χ2n) is 5.25. The van der Waals surface area contributed by atoms with E-state index in [0.717, 1.165) is 0 Å². The van der Waals surface area contributed by atoms with Gasteiger partial charge in [0.2, 0.25) is 0 Å². The first-order valence-corrected chi connectivity index (χ1v) is 7.21. The molecular weight excluding hydrogens is 196 g/mol. The van der Waals surface area contributed by atoms with Crippen molar-refractivity contribution in [3.63, 3.8) is 0 Å². The summed E-state index contributed by atoms with van der Waals surface area (Å²) in [5.74, 6) is 0. The fraction of sp³-hybridized carbons (Fsp3) is 1.00. The summed E-state index contributed by atoms with van der Waals surface area (Å²) in [4.78, 5) is 2.67. The minimum absolute atomic E-state index is 0.283. The molecule has 96 valence electrons. The fourth-order valence-electron chi connectivity index (χ4n) is 3.31. The zero-order valence-corrected chi connectivity index (χ0v) is 11.5. The first kappa shape index (κ1) is 14.0. The van der Waals surface area contributed by atoms with Gasteiger partial charge in [0.1, 0.15) is 0 Å². The Labute approximate surface area is 102 Å². The number of hydrogen-bond acceptors (Lipinski definition) is 2. The molecule has 1 unspecified atom stereocenters. The fourth-order valence-corrected chi connectivity index (χ4v) is 3.31. The van der Waals surface area contributed by atoms with Crippen LogP contribution in [0.5, 0.6) is 0 Å². The van der Waals surface area contributed by atoms with Crippen LogP contribution in [0, 0.1) is 0 Å². The van der Waals surface area contributed by atoms with Gasteiger partial charge in [-0.25, -0.2) is 0 Å². The zero-order valence-electron chi connectivity index (χ0n) is 11.5. The topological polar surface area (TPSA) is 29.3 Å². The minimum Gasteiger partial charge on any atom is -0.326 e. The first-order chi connectivity index (χ1) is 7.71. The van der Waals surface area contributed by atoms with Crippen LogP contribution in [0.25, 0.3) is 0 Å². The van der Waals surface area contributed by atoms with Crippen LogP contribution in [0.15, 0.2) is 0 Å². The smallest absolute Gasteiger partial charge is 0.0355 e. The third kappa shape index (κ3) is 2.78. The van der Waals surface area contributed by atoms with Crippen LogP contribution in [0.2, 0.25) is 0 Å². The van der Waals surface area contributed by atoms with Crippen LogP contribution in [-0.4, -0.2) is 29.6 Å². The van der Waals surface area contributed by atoms with E-state index in [1.807, 2.05) is 0 Å². The summed E-state index contributed by atoms with van der Waals surface area (Å²) in [6.07, 6.45) is 8.86. The van der Waals surface area contributed by atoms with Gasteiger partial charge in [0.25, 0.3) is 0 Å². The number of unbranched alkanes of at least 4 members (excludes halogenated alkanes) is 1. The number of nitrogens with zero attached hydrogens (tertiary/aromatic N) is 1. The third-order valence-electron chi connectivity index (χ3n) is 4.52. The van der Waals surface area contributed by atoms with Crippen LogP contribution >= 0.6 is 0 Å². The van der Waals surface area contributed by atoms with Crippen molar-refractivity contribution in [2.24, 2.45) is 5.73 Å². The highest BCUT2D eigenvalue weighted by atomic mass is 15.2. The second kappa shape index (κ2) is 6.61. The Hall–Kier alpha value is -0.0800. The minimum atomic E-state index is 0.283. The van der Waals surface area contributed by atoms with E-state index in [0.29, 0.717) is 6.04 Å². The molecule has 0 radical (unpaired) electrons. The van der Waals surface area contributed by atoms with Crippen molar-refractivity contribution in [2.75, 3.05) is 13.1 Å². The van der Waals surface area contributed by atoms with Gasteiger partial charge in [-0.3, -0.25) is 4.90 Å². The molecule has 0 bridgehead atoms. The SMILES string of the molecule is CCCCC(N)C(CC)(CC)N1CCCC1. The summed E-state index contributed by atoms with van der Waals surface area (Å²) in [5, 5.41) is 0. The molecule has 16 heavy (non-hydrogen) atoms. The molecule has 2 nitrogen and oxygen atoms in total. The first-order valence-electron chi connectivity index (χ1n) is 7.21. The Kier molecular flexibility index (Phi) is 5.77. The van der Waals surface area contributed by atoms with Gasteiger partial charge in [0.05, 0.1) is 0 Å². The van der Waals surface area contributed by atoms with Gasteiger partial charge in [-0.05, 0) is 45.2 Å². The van der Waals surface area contributed by atoms with Gasteiger partial charge in [-0.1, -0.05) is 33.6 Å². The Morgan fingerprint density at radius 1 is 1.12 bits per heavy atom. The predicted molar refractivity (Wildman–Crippen MR) is 71.6 cm³/mol. The van der Waals surface area contributed by atoms with E-state index in [1.165, 1.54) is 58.0 Å². The zero-order chi connectivity index (χ0) is 12.0. The molecule has 1 atom stereocenters. The molecule has 0 aromatic heterocycles. The van der Waals surface area contributed by atoms with E-state index in [4.69, 9.17) is 5.73 Å². The third-order valence-corrected chi connectivity index (χ3v) is 4.52. The highest BCUT2D eigenvalue weighted by molar-refractivity contribution is 4.98. The molecule has 1 fully saturated rings. The van der Waals surface area contributed by atoms with Crippen LogP contribution in [0.3, 0.4) is 0 Å². The lowest BCUT2D eigenvalue weighted by Gasteiger charge is -2.45.